The number of carbonyl (C=O) groups is 1. The third kappa shape index (κ3) is 4.08. The van der Waals surface area contributed by atoms with E-state index >= 15 is 0 Å². The quantitative estimate of drug-likeness (QED) is 0.579. The van der Waals surface area contributed by atoms with Gasteiger partial charge in [-0.25, -0.2) is 9.59 Å². The Hall–Kier alpha value is -2.23. The fraction of sp³-hybridized carbons (Fsp3) is 0.211. The predicted octanol–water partition coefficient (Wildman–Crippen LogP) is 3.51. The van der Waals surface area contributed by atoms with E-state index in [1.807, 2.05) is 30.3 Å². The number of alkyl carbamates (subject to hydrolysis) is 1. The minimum absolute atomic E-state index is 0.150. The van der Waals surface area contributed by atoms with Crippen LogP contribution in [-0.4, -0.2) is 27.4 Å². The van der Waals surface area contributed by atoms with Crippen LogP contribution in [-0.2, 0) is 17.9 Å². The van der Waals surface area contributed by atoms with Crippen LogP contribution in [0.3, 0.4) is 0 Å². The van der Waals surface area contributed by atoms with Crippen molar-refractivity contribution in [3.63, 3.8) is 0 Å². The summed E-state index contributed by atoms with van der Waals surface area (Å²) in [6.07, 6.45) is -0.573. The van der Waals surface area contributed by atoms with Gasteiger partial charge in [-0.2, -0.15) is 0 Å². The number of rotatable bonds is 3. The van der Waals surface area contributed by atoms with Gasteiger partial charge in [-0.3, -0.25) is 14.3 Å². The highest BCUT2D eigenvalue weighted by molar-refractivity contribution is 9.10. The van der Waals surface area contributed by atoms with E-state index in [0.717, 1.165) is 5.56 Å². The van der Waals surface area contributed by atoms with Gasteiger partial charge in [0, 0.05) is 17.2 Å². The number of ether oxygens (including phenoxy) is 1. The molecule has 7 nitrogen and oxygen atoms in total. The lowest BCUT2D eigenvalue weighted by molar-refractivity contribution is 0.135. The van der Waals surface area contributed by atoms with E-state index in [1.165, 1.54) is 22.4 Å². The third-order valence-electron chi connectivity index (χ3n) is 4.50. The number of thioether (sulfide) groups is 1. The molecule has 1 aliphatic rings. The van der Waals surface area contributed by atoms with Crippen molar-refractivity contribution >= 4 is 56.3 Å². The van der Waals surface area contributed by atoms with E-state index in [4.69, 9.17) is 16.3 Å². The molecule has 0 radical (unpaired) electrons. The molecule has 1 amide bonds. The summed E-state index contributed by atoms with van der Waals surface area (Å²) in [4.78, 5) is 40.0. The molecule has 1 aromatic heterocycles. The second kappa shape index (κ2) is 8.25. The number of hydrogen-bond donors (Lipinski definition) is 2. The Morgan fingerprint density at radius 1 is 1.34 bits per heavy atom. The second-order valence-corrected chi connectivity index (χ2v) is 8.71. The lowest BCUT2D eigenvalue weighted by Crippen LogP contribution is -2.42. The summed E-state index contributed by atoms with van der Waals surface area (Å²) in [5.41, 5.74) is 0.348. The van der Waals surface area contributed by atoms with Crippen molar-refractivity contribution in [1.29, 1.82) is 0 Å². The highest BCUT2D eigenvalue weighted by atomic mass is 79.9. The monoisotopic (exact) mass is 495 g/mol. The maximum absolute atomic E-state index is 12.5. The Morgan fingerprint density at radius 3 is 2.86 bits per heavy atom. The summed E-state index contributed by atoms with van der Waals surface area (Å²) in [5, 5.41) is 3.51. The molecule has 2 N–H and O–H groups in total. The van der Waals surface area contributed by atoms with Gasteiger partial charge in [0.05, 0.1) is 26.4 Å². The number of H-pyrrole nitrogens is 1. The number of aromatic amines is 1. The maximum atomic E-state index is 12.5. The van der Waals surface area contributed by atoms with Crippen molar-refractivity contribution < 1.29 is 9.53 Å². The molecule has 0 spiro atoms. The van der Waals surface area contributed by atoms with Crippen LogP contribution in [0.2, 0.25) is 5.02 Å². The van der Waals surface area contributed by atoms with Crippen molar-refractivity contribution in [3.8, 4) is 0 Å². The number of benzene rings is 2. The van der Waals surface area contributed by atoms with Crippen LogP contribution in [0.4, 0.5) is 4.79 Å². The molecule has 1 atom stereocenters. The average Bonchev–Trinajstić information content (AvgIpc) is 2.89. The molecule has 3 aromatic rings. The summed E-state index contributed by atoms with van der Waals surface area (Å²) in [6, 6.07) is 10.5. The summed E-state index contributed by atoms with van der Waals surface area (Å²) < 4.78 is 7.35. The topological polar surface area (TPSA) is 93.2 Å². The van der Waals surface area contributed by atoms with Crippen molar-refractivity contribution in [2.45, 2.75) is 24.1 Å². The van der Waals surface area contributed by atoms with Gasteiger partial charge in [-0.15, -0.1) is 11.8 Å². The normalized spacial score (nSPS) is 15.7. The molecule has 0 aliphatic carbocycles. The smallest absolute Gasteiger partial charge is 0.407 e. The molecule has 10 heteroatoms. The molecule has 29 heavy (non-hydrogen) atoms. The van der Waals surface area contributed by atoms with Crippen LogP contribution < -0.4 is 16.6 Å². The molecule has 0 saturated heterocycles. The molecular formula is C19H15BrClN3O4S. The lowest BCUT2D eigenvalue weighted by Gasteiger charge is -2.17. The van der Waals surface area contributed by atoms with Gasteiger partial charge in [0.15, 0.2) is 0 Å². The fourth-order valence-electron chi connectivity index (χ4n) is 3.15. The molecule has 0 bridgehead atoms. The zero-order valence-corrected chi connectivity index (χ0v) is 18.1. The third-order valence-corrected chi connectivity index (χ3v) is 7.36. The number of nitrogens with zero attached hydrogens (tertiary/aromatic N) is 1. The van der Waals surface area contributed by atoms with Crippen molar-refractivity contribution in [2.24, 2.45) is 0 Å². The molecule has 0 unspecified atom stereocenters. The fourth-order valence-corrected chi connectivity index (χ4v) is 5.20. The first-order chi connectivity index (χ1) is 13.9. The Balaban J connectivity index is 1.59. The maximum Gasteiger partial charge on any atom is 0.407 e. The molecule has 150 valence electrons. The molecule has 4 rings (SSSR count). The zero-order valence-electron chi connectivity index (χ0n) is 14.9. The van der Waals surface area contributed by atoms with E-state index in [-0.39, 0.29) is 19.2 Å². The molecule has 0 fully saturated rings. The lowest BCUT2D eigenvalue weighted by atomic mass is 10.2. The first-order valence-corrected chi connectivity index (χ1v) is 10.8. The van der Waals surface area contributed by atoms with Gasteiger partial charge in [0.1, 0.15) is 6.61 Å². The molecular weight excluding hydrogens is 482 g/mol. The number of amides is 1. The minimum Gasteiger partial charge on any atom is -0.445 e. The van der Waals surface area contributed by atoms with Crippen LogP contribution in [0.25, 0.3) is 10.9 Å². The first kappa shape index (κ1) is 20.1. The number of halogens is 2. The Labute approximate surface area is 182 Å². The molecule has 1 aliphatic heterocycles. The number of aromatic nitrogens is 2. The highest BCUT2D eigenvalue weighted by Crippen LogP contribution is 2.40. The van der Waals surface area contributed by atoms with E-state index in [2.05, 4.69) is 26.2 Å². The van der Waals surface area contributed by atoms with Crippen molar-refractivity contribution in [1.82, 2.24) is 14.9 Å². The number of nitrogens with one attached hydrogen (secondary N) is 2. The Bertz CT molecular complexity index is 1210. The molecule has 0 saturated carbocycles. The van der Waals surface area contributed by atoms with Crippen molar-refractivity contribution in [3.05, 3.63) is 72.3 Å². The van der Waals surface area contributed by atoms with E-state index in [9.17, 15) is 14.4 Å². The number of carbonyl (C=O) groups excluding carboxylic acids is 1. The van der Waals surface area contributed by atoms with Crippen molar-refractivity contribution in [2.75, 3.05) is 5.75 Å². The summed E-state index contributed by atoms with van der Waals surface area (Å²) in [7, 11) is 0. The SMILES string of the molecule is O=C(N[C@@H]1CSc2c(Br)c(Cl)cc3c(=O)[nH]c(=O)n(c23)C1)OCc1ccccc1. The van der Waals surface area contributed by atoms with Crippen LogP contribution in [0.1, 0.15) is 5.56 Å². The second-order valence-electron chi connectivity index (χ2n) is 6.48. The van der Waals surface area contributed by atoms with Gasteiger partial charge in [0.25, 0.3) is 5.56 Å². The van der Waals surface area contributed by atoms with Gasteiger partial charge in [-0.05, 0) is 27.6 Å². The van der Waals surface area contributed by atoms with E-state index in [1.54, 1.807) is 0 Å². The summed E-state index contributed by atoms with van der Waals surface area (Å²) in [6.45, 7) is 0.345. The molecule has 2 aromatic carbocycles. The van der Waals surface area contributed by atoms with Gasteiger partial charge >= 0.3 is 11.8 Å². The Kier molecular flexibility index (Phi) is 5.71. The standard InChI is InChI=1S/C19H15BrClN3O4S/c20-14-13(21)6-12-15-16(14)29-9-11(7-24(15)18(26)23-17(12)25)22-19(27)28-8-10-4-2-1-3-5-10/h1-6,11H,7-9H2,(H,22,27)(H,23,25,26)/t11-/m0/s1. The summed E-state index contributed by atoms with van der Waals surface area (Å²) >= 11 is 11.1. The van der Waals surface area contributed by atoms with E-state index in [0.29, 0.717) is 31.0 Å². The first-order valence-electron chi connectivity index (χ1n) is 8.69. The average molecular weight is 497 g/mol. The predicted molar refractivity (Wildman–Crippen MR) is 116 cm³/mol. The van der Waals surface area contributed by atoms with Crippen LogP contribution >= 0.6 is 39.3 Å². The van der Waals surface area contributed by atoms with E-state index < -0.39 is 17.3 Å². The summed E-state index contributed by atoms with van der Waals surface area (Å²) in [5.74, 6) is 0.476. The van der Waals surface area contributed by atoms with Gasteiger partial charge in [0.2, 0.25) is 0 Å². The molecule has 2 heterocycles. The van der Waals surface area contributed by atoms with Gasteiger partial charge < -0.3 is 10.1 Å². The van der Waals surface area contributed by atoms with Crippen LogP contribution in [0, 0.1) is 0 Å². The zero-order chi connectivity index (χ0) is 20.5. The highest BCUT2D eigenvalue weighted by Gasteiger charge is 2.25. The minimum atomic E-state index is -0.573. The number of hydrogen-bond acceptors (Lipinski definition) is 5. The van der Waals surface area contributed by atoms with Crippen LogP contribution in [0.15, 0.2) is 55.4 Å². The Morgan fingerprint density at radius 2 is 2.10 bits per heavy atom. The van der Waals surface area contributed by atoms with Gasteiger partial charge in [-0.1, -0.05) is 41.9 Å². The van der Waals surface area contributed by atoms with Crippen LogP contribution in [0.5, 0.6) is 0 Å². The largest absolute Gasteiger partial charge is 0.445 e.